The van der Waals surface area contributed by atoms with Crippen molar-refractivity contribution in [3.63, 3.8) is 0 Å². The molecule has 0 bridgehead atoms. The van der Waals surface area contributed by atoms with E-state index in [0.717, 1.165) is 4.90 Å². The summed E-state index contributed by atoms with van der Waals surface area (Å²) >= 11 is 1.51. The Kier molecular flexibility index (Phi) is 10.5. The van der Waals surface area contributed by atoms with Gasteiger partial charge in [0.25, 0.3) is 5.91 Å². The number of carbonyl (C=O) groups excluding carboxylic acids is 3. The molecule has 1 aromatic rings. The van der Waals surface area contributed by atoms with Gasteiger partial charge in [-0.05, 0) is 66.0 Å². The SMILES string of the molecule is C#Cc1ccccc1C(C(=O)NC(C)(C)C)N(C#C)C(=O)C(CCSC)NC(=O)OC(C)(C)C. The standard InChI is InChI=1S/C26H35N3O4S/c1-10-18-14-12-13-15-19(18)21(22(30)28-25(3,4)5)29(11-2)23(31)20(16-17-34-9)27-24(32)33-26(6,7)8/h1-2,12-15,20-21H,16-17H2,3-9H3,(H,27,32)(H,28,30). The van der Waals surface area contributed by atoms with E-state index in [1.54, 1.807) is 45.0 Å². The van der Waals surface area contributed by atoms with Crippen LogP contribution in [0.4, 0.5) is 4.79 Å². The number of benzene rings is 1. The molecule has 0 saturated heterocycles. The number of amides is 3. The van der Waals surface area contributed by atoms with Gasteiger partial charge in [0.15, 0.2) is 0 Å². The first-order valence-corrected chi connectivity index (χ1v) is 12.3. The number of ether oxygens (including phenoxy) is 1. The fourth-order valence-electron chi connectivity index (χ4n) is 3.08. The van der Waals surface area contributed by atoms with Crippen molar-refractivity contribution < 1.29 is 19.1 Å². The highest BCUT2D eigenvalue weighted by Crippen LogP contribution is 2.26. The molecule has 2 atom stereocenters. The zero-order chi connectivity index (χ0) is 26.1. The van der Waals surface area contributed by atoms with Crippen molar-refractivity contribution in [3.05, 3.63) is 35.4 Å². The second-order valence-electron chi connectivity index (χ2n) is 9.69. The summed E-state index contributed by atoms with van der Waals surface area (Å²) in [5.41, 5.74) is -0.482. The fourth-order valence-corrected chi connectivity index (χ4v) is 3.55. The van der Waals surface area contributed by atoms with Crippen LogP contribution in [0.3, 0.4) is 0 Å². The molecule has 34 heavy (non-hydrogen) atoms. The van der Waals surface area contributed by atoms with E-state index in [-0.39, 0.29) is 0 Å². The Labute approximate surface area is 207 Å². The molecule has 0 aliphatic rings. The second-order valence-corrected chi connectivity index (χ2v) is 10.7. The Morgan fingerprint density at radius 1 is 1.12 bits per heavy atom. The third-order valence-electron chi connectivity index (χ3n) is 4.39. The van der Waals surface area contributed by atoms with Gasteiger partial charge in [-0.1, -0.05) is 30.5 Å². The van der Waals surface area contributed by atoms with Crippen LogP contribution >= 0.6 is 11.8 Å². The van der Waals surface area contributed by atoms with Crippen LogP contribution < -0.4 is 10.6 Å². The Hall–Kier alpha value is -3.10. The van der Waals surface area contributed by atoms with Gasteiger partial charge in [0.2, 0.25) is 5.91 Å². The molecule has 0 fully saturated rings. The lowest BCUT2D eigenvalue weighted by molar-refractivity contribution is -0.139. The van der Waals surface area contributed by atoms with E-state index in [9.17, 15) is 14.4 Å². The van der Waals surface area contributed by atoms with E-state index in [4.69, 9.17) is 17.6 Å². The molecule has 7 nitrogen and oxygen atoms in total. The first-order chi connectivity index (χ1) is 15.7. The monoisotopic (exact) mass is 485 g/mol. The van der Waals surface area contributed by atoms with Gasteiger partial charge < -0.3 is 15.4 Å². The highest BCUT2D eigenvalue weighted by molar-refractivity contribution is 7.98. The number of nitrogens with one attached hydrogen (secondary N) is 2. The van der Waals surface area contributed by atoms with E-state index in [0.29, 0.717) is 23.3 Å². The molecule has 1 rings (SSSR count). The number of alkyl carbamates (subject to hydrolysis) is 1. The summed E-state index contributed by atoms with van der Waals surface area (Å²) in [6.45, 7) is 10.6. The average Bonchev–Trinajstić information content (AvgIpc) is 2.71. The highest BCUT2D eigenvalue weighted by atomic mass is 32.2. The lowest BCUT2D eigenvalue weighted by Gasteiger charge is -2.32. The Bertz CT molecular complexity index is 964. The maximum Gasteiger partial charge on any atom is 0.408 e. The van der Waals surface area contributed by atoms with Crippen LogP contribution in [-0.4, -0.2) is 52.0 Å². The number of hydrogen-bond acceptors (Lipinski definition) is 5. The zero-order valence-corrected chi connectivity index (χ0v) is 21.8. The Balaban J connectivity index is 3.47. The minimum atomic E-state index is -1.19. The molecule has 0 radical (unpaired) electrons. The molecular formula is C26H35N3O4S. The highest BCUT2D eigenvalue weighted by Gasteiger charge is 2.37. The van der Waals surface area contributed by atoms with Crippen molar-refractivity contribution in [2.24, 2.45) is 0 Å². The van der Waals surface area contributed by atoms with Crippen molar-refractivity contribution in [3.8, 4) is 24.8 Å². The Morgan fingerprint density at radius 3 is 2.24 bits per heavy atom. The van der Waals surface area contributed by atoms with Gasteiger partial charge >= 0.3 is 6.09 Å². The zero-order valence-electron chi connectivity index (χ0n) is 21.0. The Morgan fingerprint density at radius 2 is 1.74 bits per heavy atom. The average molecular weight is 486 g/mol. The van der Waals surface area contributed by atoms with E-state index in [2.05, 4.69) is 22.6 Å². The van der Waals surface area contributed by atoms with Gasteiger partial charge in [0.05, 0.1) is 0 Å². The van der Waals surface area contributed by atoms with Crippen LogP contribution in [0.25, 0.3) is 0 Å². The minimum Gasteiger partial charge on any atom is -0.444 e. The molecule has 2 unspecified atom stereocenters. The molecule has 3 amide bonds. The summed E-state index contributed by atoms with van der Waals surface area (Å²) in [6.07, 6.45) is 12.9. The van der Waals surface area contributed by atoms with Crippen molar-refractivity contribution in [2.45, 2.75) is 71.2 Å². The third kappa shape index (κ3) is 9.03. The lowest BCUT2D eigenvalue weighted by Crippen LogP contribution is -2.53. The van der Waals surface area contributed by atoms with Crippen molar-refractivity contribution in [1.29, 1.82) is 0 Å². The van der Waals surface area contributed by atoms with Crippen molar-refractivity contribution in [1.82, 2.24) is 15.5 Å². The predicted octanol–water partition coefficient (Wildman–Crippen LogP) is 3.69. The van der Waals surface area contributed by atoms with Gasteiger partial charge in [-0.3, -0.25) is 14.5 Å². The van der Waals surface area contributed by atoms with Crippen LogP contribution in [0, 0.1) is 24.8 Å². The molecule has 1 aromatic carbocycles. The minimum absolute atomic E-state index is 0.293. The topological polar surface area (TPSA) is 87.7 Å². The van der Waals surface area contributed by atoms with E-state index in [1.807, 2.05) is 27.0 Å². The molecule has 0 aliphatic carbocycles. The van der Waals surface area contributed by atoms with Gasteiger partial charge in [-0.2, -0.15) is 11.8 Å². The number of carbonyl (C=O) groups is 3. The van der Waals surface area contributed by atoms with Crippen LogP contribution in [0.5, 0.6) is 0 Å². The first kappa shape index (κ1) is 28.9. The smallest absolute Gasteiger partial charge is 0.408 e. The largest absolute Gasteiger partial charge is 0.444 e. The van der Waals surface area contributed by atoms with Gasteiger partial charge in [0, 0.05) is 22.7 Å². The molecule has 184 valence electrons. The van der Waals surface area contributed by atoms with E-state index < -0.39 is 41.1 Å². The fraction of sp³-hybridized carbons (Fsp3) is 0.500. The maximum atomic E-state index is 13.6. The summed E-state index contributed by atoms with van der Waals surface area (Å²) in [6, 6.07) is 6.96. The number of terminal acetylenes is 2. The molecule has 8 heteroatoms. The quantitative estimate of drug-likeness (QED) is 0.433. The van der Waals surface area contributed by atoms with E-state index >= 15 is 0 Å². The third-order valence-corrected chi connectivity index (χ3v) is 5.04. The lowest BCUT2D eigenvalue weighted by atomic mass is 9.96. The molecule has 0 spiro atoms. The summed E-state index contributed by atoms with van der Waals surface area (Å²) in [4.78, 5) is 40.5. The number of rotatable bonds is 8. The molecule has 2 N–H and O–H groups in total. The molecule has 0 aromatic heterocycles. The normalized spacial score (nSPS) is 13.0. The molecule has 0 heterocycles. The molecular weight excluding hydrogens is 450 g/mol. The van der Waals surface area contributed by atoms with Gasteiger partial charge in [-0.25, -0.2) is 4.79 Å². The van der Waals surface area contributed by atoms with Crippen molar-refractivity contribution >= 4 is 29.7 Å². The summed E-state index contributed by atoms with van der Waals surface area (Å²) in [5, 5.41) is 5.49. The van der Waals surface area contributed by atoms with Crippen molar-refractivity contribution in [2.75, 3.05) is 12.0 Å². The second kappa shape index (κ2) is 12.4. The van der Waals surface area contributed by atoms with Gasteiger partial charge in [-0.15, -0.1) is 6.42 Å². The number of hydrogen-bond donors (Lipinski definition) is 2. The maximum absolute atomic E-state index is 13.6. The molecule has 0 saturated carbocycles. The number of thioether (sulfide) groups is 1. The van der Waals surface area contributed by atoms with Crippen LogP contribution in [0.15, 0.2) is 24.3 Å². The summed E-state index contributed by atoms with van der Waals surface area (Å²) in [5.74, 6) is 2.04. The summed E-state index contributed by atoms with van der Waals surface area (Å²) in [7, 11) is 0. The first-order valence-electron chi connectivity index (χ1n) is 10.9. The van der Waals surface area contributed by atoms with Crippen LogP contribution in [0.1, 0.15) is 65.1 Å². The van der Waals surface area contributed by atoms with E-state index in [1.165, 1.54) is 11.8 Å². The molecule has 0 aliphatic heterocycles. The summed E-state index contributed by atoms with van der Waals surface area (Å²) < 4.78 is 5.32. The van der Waals surface area contributed by atoms with Crippen LogP contribution in [-0.2, 0) is 14.3 Å². The predicted molar refractivity (Wildman–Crippen MR) is 137 cm³/mol. The van der Waals surface area contributed by atoms with Gasteiger partial charge in [0.1, 0.15) is 17.7 Å². The van der Waals surface area contributed by atoms with Crippen LogP contribution in [0.2, 0.25) is 0 Å². The number of nitrogens with zero attached hydrogens (tertiary/aromatic N) is 1.